The molecular weight excluding hydrogens is 550 g/mol. The molecule has 2 unspecified atom stereocenters. The molecule has 3 aromatic carbocycles. The maximum atomic E-state index is 13.8. The van der Waals surface area contributed by atoms with Crippen molar-refractivity contribution in [1.82, 2.24) is 4.90 Å². The van der Waals surface area contributed by atoms with E-state index in [0.717, 1.165) is 21.6 Å². The minimum atomic E-state index is -1.41. The lowest BCUT2D eigenvalue weighted by atomic mass is 9.82. The van der Waals surface area contributed by atoms with E-state index in [0.29, 0.717) is 22.1 Å². The lowest BCUT2D eigenvalue weighted by Gasteiger charge is -2.26. The van der Waals surface area contributed by atoms with Crippen LogP contribution in [0.4, 0.5) is 4.79 Å². The van der Waals surface area contributed by atoms with Crippen molar-refractivity contribution in [3.8, 4) is 11.5 Å². The first-order valence-corrected chi connectivity index (χ1v) is 14.4. The molecule has 1 amide bonds. The molecule has 40 heavy (non-hydrogen) atoms. The van der Waals surface area contributed by atoms with Gasteiger partial charge in [-0.05, 0) is 87.0 Å². The summed E-state index contributed by atoms with van der Waals surface area (Å²) < 4.78 is 11.5. The second-order valence-corrected chi connectivity index (χ2v) is 11.8. The molecule has 0 aliphatic carbocycles. The first-order chi connectivity index (χ1) is 18.9. The van der Waals surface area contributed by atoms with Gasteiger partial charge in [0.1, 0.15) is 11.5 Å². The molecule has 0 aromatic heterocycles. The number of amides is 1. The van der Waals surface area contributed by atoms with Crippen molar-refractivity contribution in [3.63, 3.8) is 0 Å². The number of nitrogens with zero attached hydrogens (tertiary/aromatic N) is 1. The van der Waals surface area contributed by atoms with Gasteiger partial charge in [0.2, 0.25) is 0 Å². The van der Waals surface area contributed by atoms with Crippen LogP contribution >= 0.6 is 23.4 Å². The smallest absolute Gasteiger partial charge is 0.415 e. The summed E-state index contributed by atoms with van der Waals surface area (Å²) in [5, 5.41) is 10.1. The lowest BCUT2D eigenvalue weighted by Crippen LogP contribution is -2.38. The number of aryl methyl sites for hydroxylation is 2. The molecule has 0 saturated carbocycles. The number of aliphatic carboxylic acids is 1. The highest BCUT2D eigenvalue weighted by Crippen LogP contribution is 2.39. The molecule has 3 aromatic rings. The number of hydrogen-bond donors (Lipinski definition) is 1. The fourth-order valence-corrected chi connectivity index (χ4v) is 5.39. The number of Topliss-reactive ketones (excluding diaryl/α,β-unsaturated/α-hetero) is 1. The summed E-state index contributed by atoms with van der Waals surface area (Å²) in [7, 11) is 0. The fourth-order valence-electron chi connectivity index (χ4n) is 4.85. The minimum absolute atomic E-state index is 0.0536. The molecule has 4 rings (SSSR count). The van der Waals surface area contributed by atoms with Gasteiger partial charge in [-0.3, -0.25) is 4.79 Å². The SMILES string of the molecule is CSc1ccc(C(=O)C2CN(C(=O)Oc3ccc(Cl)cc3)CC2c2cc(C)c(OC(C)(C)C(=O)O)c(C)c2)cc1. The summed E-state index contributed by atoms with van der Waals surface area (Å²) in [5.41, 5.74) is 1.55. The highest BCUT2D eigenvalue weighted by molar-refractivity contribution is 7.98. The Morgan fingerprint density at radius 3 is 2.12 bits per heavy atom. The number of hydrogen-bond acceptors (Lipinski definition) is 6. The summed E-state index contributed by atoms with van der Waals surface area (Å²) in [6.45, 7) is 7.18. The molecule has 0 radical (unpaired) electrons. The first-order valence-electron chi connectivity index (χ1n) is 12.8. The molecule has 0 spiro atoms. The van der Waals surface area contributed by atoms with Crippen LogP contribution in [0.2, 0.25) is 5.02 Å². The van der Waals surface area contributed by atoms with Crippen LogP contribution in [0, 0.1) is 19.8 Å². The molecule has 0 bridgehead atoms. The van der Waals surface area contributed by atoms with E-state index in [2.05, 4.69) is 0 Å². The molecule has 1 aliphatic rings. The third-order valence-electron chi connectivity index (χ3n) is 7.09. The van der Waals surface area contributed by atoms with Gasteiger partial charge in [-0.1, -0.05) is 35.9 Å². The van der Waals surface area contributed by atoms with Gasteiger partial charge >= 0.3 is 12.1 Å². The number of ether oxygens (including phenoxy) is 2. The predicted octanol–water partition coefficient (Wildman–Crippen LogP) is 7.02. The quantitative estimate of drug-likeness (QED) is 0.226. The highest BCUT2D eigenvalue weighted by Gasteiger charge is 2.42. The Morgan fingerprint density at radius 2 is 1.57 bits per heavy atom. The number of halogens is 1. The average Bonchev–Trinajstić information content (AvgIpc) is 3.37. The summed E-state index contributed by atoms with van der Waals surface area (Å²) in [6.07, 6.45) is 1.43. The van der Waals surface area contributed by atoms with Crippen LogP contribution in [0.15, 0.2) is 65.6 Å². The monoisotopic (exact) mass is 581 g/mol. The van der Waals surface area contributed by atoms with Crippen LogP contribution in [-0.2, 0) is 4.79 Å². The van der Waals surface area contributed by atoms with Crippen molar-refractivity contribution in [2.24, 2.45) is 5.92 Å². The van der Waals surface area contributed by atoms with Crippen molar-refractivity contribution in [3.05, 3.63) is 87.9 Å². The molecule has 210 valence electrons. The predicted molar refractivity (Wildman–Crippen MR) is 156 cm³/mol. The summed E-state index contributed by atoms with van der Waals surface area (Å²) in [5.74, 6) is -1.07. The fraction of sp³-hybridized carbons (Fsp3) is 0.323. The van der Waals surface area contributed by atoms with Gasteiger partial charge in [0.15, 0.2) is 11.4 Å². The molecule has 1 N–H and O–H groups in total. The van der Waals surface area contributed by atoms with Crippen LogP contribution in [0.25, 0.3) is 0 Å². The largest absolute Gasteiger partial charge is 0.478 e. The molecule has 1 aliphatic heterocycles. The van der Waals surface area contributed by atoms with Crippen molar-refractivity contribution in [2.45, 2.75) is 44.1 Å². The highest BCUT2D eigenvalue weighted by atomic mass is 35.5. The van der Waals surface area contributed by atoms with E-state index in [1.807, 2.05) is 56.5 Å². The third-order valence-corrected chi connectivity index (χ3v) is 8.09. The molecule has 1 saturated heterocycles. The Morgan fingerprint density at radius 1 is 0.975 bits per heavy atom. The Hall–Kier alpha value is -3.49. The number of carbonyl (C=O) groups is 3. The summed E-state index contributed by atoms with van der Waals surface area (Å²) in [4.78, 5) is 41.2. The van der Waals surface area contributed by atoms with E-state index in [9.17, 15) is 19.5 Å². The van der Waals surface area contributed by atoms with Gasteiger partial charge in [0, 0.05) is 40.4 Å². The molecule has 1 heterocycles. The van der Waals surface area contributed by atoms with E-state index in [4.69, 9.17) is 21.1 Å². The van der Waals surface area contributed by atoms with Gasteiger partial charge in [-0.25, -0.2) is 9.59 Å². The van der Waals surface area contributed by atoms with Crippen LogP contribution in [0.5, 0.6) is 11.5 Å². The van der Waals surface area contributed by atoms with Gasteiger partial charge in [-0.2, -0.15) is 0 Å². The number of carboxylic acids is 1. The van der Waals surface area contributed by atoms with Gasteiger partial charge in [0.25, 0.3) is 0 Å². The number of ketones is 1. The van der Waals surface area contributed by atoms with E-state index >= 15 is 0 Å². The molecule has 2 atom stereocenters. The zero-order chi connectivity index (χ0) is 29.2. The molecule has 1 fully saturated rings. The molecule has 7 nitrogen and oxygen atoms in total. The van der Waals surface area contributed by atoms with E-state index in [1.165, 1.54) is 13.8 Å². The topological polar surface area (TPSA) is 93.1 Å². The number of benzene rings is 3. The Kier molecular flexibility index (Phi) is 8.80. The van der Waals surface area contributed by atoms with Crippen LogP contribution in [0.1, 0.15) is 46.8 Å². The van der Waals surface area contributed by atoms with Gasteiger partial charge in [0.05, 0.1) is 0 Å². The van der Waals surface area contributed by atoms with Crippen LogP contribution in [-0.4, -0.2) is 52.8 Å². The summed E-state index contributed by atoms with van der Waals surface area (Å²) in [6, 6.07) is 17.8. The van der Waals surface area contributed by atoms with Crippen molar-refractivity contribution in [1.29, 1.82) is 0 Å². The van der Waals surface area contributed by atoms with Crippen molar-refractivity contribution in [2.75, 3.05) is 19.3 Å². The van der Waals surface area contributed by atoms with Crippen molar-refractivity contribution < 1.29 is 29.0 Å². The number of likely N-dealkylation sites (tertiary alicyclic amines) is 1. The van der Waals surface area contributed by atoms with E-state index in [1.54, 1.807) is 40.9 Å². The summed E-state index contributed by atoms with van der Waals surface area (Å²) >= 11 is 7.55. The third kappa shape index (κ3) is 6.45. The number of rotatable bonds is 8. The average molecular weight is 582 g/mol. The lowest BCUT2D eigenvalue weighted by molar-refractivity contribution is -0.152. The standard InChI is InChI=1S/C31H32ClNO6S/c1-18-14-21(15-19(2)28(18)39-31(3,4)29(35)36)25-16-33(30(37)38-23-10-8-22(32)9-11-23)17-26(25)27(34)20-6-12-24(40-5)13-7-20/h6-15,25-26H,16-17H2,1-5H3,(H,35,36). The molecular formula is C31H32ClNO6S. The Bertz CT molecular complexity index is 1400. The van der Waals surface area contributed by atoms with Gasteiger partial charge < -0.3 is 19.5 Å². The number of carboxylic acid groups (broad SMARTS) is 1. The minimum Gasteiger partial charge on any atom is -0.478 e. The zero-order valence-electron chi connectivity index (χ0n) is 23.1. The Balaban J connectivity index is 1.66. The number of thioether (sulfide) groups is 1. The Labute approximate surface area is 243 Å². The molecule has 9 heteroatoms. The first kappa shape index (κ1) is 29.5. The second kappa shape index (κ2) is 11.9. The second-order valence-electron chi connectivity index (χ2n) is 10.4. The zero-order valence-corrected chi connectivity index (χ0v) is 24.6. The van der Waals surface area contributed by atoms with Crippen LogP contribution < -0.4 is 9.47 Å². The number of carbonyl (C=O) groups excluding carboxylic acids is 2. The van der Waals surface area contributed by atoms with E-state index in [-0.39, 0.29) is 24.8 Å². The van der Waals surface area contributed by atoms with Gasteiger partial charge in [-0.15, -0.1) is 11.8 Å². The normalized spacial score (nSPS) is 17.0. The van der Waals surface area contributed by atoms with Crippen LogP contribution in [0.3, 0.4) is 0 Å². The maximum absolute atomic E-state index is 13.8. The maximum Gasteiger partial charge on any atom is 0.415 e. The van der Waals surface area contributed by atoms with E-state index < -0.39 is 23.6 Å². The van der Waals surface area contributed by atoms with Crippen molar-refractivity contribution >= 4 is 41.2 Å².